The van der Waals surface area contributed by atoms with Crippen LogP contribution in [0.3, 0.4) is 0 Å². The first-order valence-electron chi connectivity index (χ1n) is 4.37. The van der Waals surface area contributed by atoms with Crippen LogP contribution in [0.2, 0.25) is 0 Å². The molecule has 0 aliphatic rings. The number of phosphoric acid groups is 1. The SMILES string of the molecule is C=C(C)C(=O)OP(=O)(O)Oc1ccccc1. The lowest BCUT2D eigenvalue weighted by atomic mass is 10.3. The number of benzene rings is 1. The zero-order valence-electron chi connectivity index (χ0n) is 8.62. The number of para-hydroxylation sites is 1. The van der Waals surface area contributed by atoms with Gasteiger partial charge in [0.25, 0.3) is 0 Å². The zero-order valence-corrected chi connectivity index (χ0v) is 9.52. The largest absolute Gasteiger partial charge is 0.587 e. The van der Waals surface area contributed by atoms with Crippen molar-refractivity contribution < 1.29 is 23.3 Å². The second-order valence-corrected chi connectivity index (χ2v) is 4.33. The standard InChI is InChI=1S/C10H11O5P/c1-8(2)10(11)15-16(12,13)14-9-6-4-3-5-7-9/h3-7H,1H2,2H3,(H,12,13). The fraction of sp³-hybridized carbons (Fsp3) is 0.100. The maximum atomic E-state index is 11.3. The molecule has 0 aromatic heterocycles. The predicted octanol–water partition coefficient (Wildman–Crippen LogP) is 2.29. The first-order valence-corrected chi connectivity index (χ1v) is 5.87. The van der Waals surface area contributed by atoms with Crippen molar-refractivity contribution in [3.05, 3.63) is 42.5 Å². The van der Waals surface area contributed by atoms with E-state index in [4.69, 9.17) is 0 Å². The highest BCUT2D eigenvalue weighted by Crippen LogP contribution is 2.44. The number of hydrogen-bond donors (Lipinski definition) is 1. The third kappa shape index (κ3) is 3.88. The average Bonchev–Trinajstić information content (AvgIpc) is 2.17. The number of carbonyl (C=O) groups excluding carboxylic acids is 1. The summed E-state index contributed by atoms with van der Waals surface area (Å²) in [6.45, 7) is 4.65. The van der Waals surface area contributed by atoms with Crippen LogP contribution in [0.15, 0.2) is 42.5 Å². The summed E-state index contributed by atoms with van der Waals surface area (Å²) in [5.41, 5.74) is 0.0194. The minimum absolute atomic E-state index is 0.0194. The normalized spacial score (nSPS) is 13.6. The highest BCUT2D eigenvalue weighted by Gasteiger charge is 2.28. The monoisotopic (exact) mass is 242 g/mol. The van der Waals surface area contributed by atoms with Gasteiger partial charge in [0.1, 0.15) is 5.75 Å². The summed E-state index contributed by atoms with van der Waals surface area (Å²) in [5.74, 6) is -0.829. The van der Waals surface area contributed by atoms with Gasteiger partial charge in [0, 0.05) is 5.57 Å². The van der Waals surface area contributed by atoms with E-state index < -0.39 is 13.8 Å². The smallest absolute Gasteiger partial charge is 0.395 e. The summed E-state index contributed by atoms with van der Waals surface area (Å²) in [6, 6.07) is 7.90. The van der Waals surface area contributed by atoms with Gasteiger partial charge in [-0.2, -0.15) is 0 Å². The highest BCUT2D eigenvalue weighted by molar-refractivity contribution is 7.48. The molecule has 1 aromatic rings. The Labute approximate surface area is 92.9 Å². The van der Waals surface area contributed by atoms with Gasteiger partial charge in [0.15, 0.2) is 0 Å². The van der Waals surface area contributed by atoms with E-state index in [0.717, 1.165) is 0 Å². The van der Waals surface area contributed by atoms with E-state index in [2.05, 4.69) is 15.6 Å². The summed E-state index contributed by atoms with van der Waals surface area (Å²) in [5, 5.41) is 0. The fourth-order valence-electron chi connectivity index (χ4n) is 0.816. The predicted molar refractivity (Wildman–Crippen MR) is 57.8 cm³/mol. The summed E-state index contributed by atoms with van der Waals surface area (Å²) in [4.78, 5) is 20.3. The Balaban J connectivity index is 2.69. The lowest BCUT2D eigenvalue weighted by Crippen LogP contribution is -2.06. The minimum Gasteiger partial charge on any atom is -0.395 e. The maximum absolute atomic E-state index is 11.3. The Hall–Kier alpha value is -1.58. The summed E-state index contributed by atoms with van der Waals surface area (Å²) in [6.07, 6.45) is 0. The number of carbonyl (C=O) groups is 1. The third-order valence-electron chi connectivity index (χ3n) is 1.51. The lowest BCUT2D eigenvalue weighted by molar-refractivity contribution is -0.131. The van der Waals surface area contributed by atoms with Crippen LogP contribution in [0.25, 0.3) is 0 Å². The van der Waals surface area contributed by atoms with Gasteiger partial charge in [0.05, 0.1) is 0 Å². The summed E-state index contributed by atoms with van der Waals surface area (Å²) in [7, 11) is -4.43. The molecule has 0 radical (unpaired) electrons. The van der Waals surface area contributed by atoms with E-state index in [1.165, 1.54) is 19.1 Å². The molecule has 1 atom stereocenters. The molecule has 1 N–H and O–H groups in total. The Morgan fingerprint density at radius 2 is 1.94 bits per heavy atom. The van der Waals surface area contributed by atoms with Crippen LogP contribution < -0.4 is 4.52 Å². The molecule has 0 amide bonds. The van der Waals surface area contributed by atoms with Crippen molar-refractivity contribution >= 4 is 13.8 Å². The Morgan fingerprint density at radius 3 is 2.44 bits per heavy atom. The molecule has 1 aromatic carbocycles. The first kappa shape index (κ1) is 12.5. The Morgan fingerprint density at radius 1 is 1.38 bits per heavy atom. The molecule has 0 spiro atoms. The van der Waals surface area contributed by atoms with Crippen LogP contribution >= 0.6 is 7.82 Å². The van der Waals surface area contributed by atoms with Crippen LogP contribution in [0, 0.1) is 0 Å². The first-order chi connectivity index (χ1) is 7.41. The summed E-state index contributed by atoms with van der Waals surface area (Å²) < 4.78 is 20.3. The molecule has 1 rings (SSSR count). The van der Waals surface area contributed by atoms with Gasteiger partial charge >= 0.3 is 13.8 Å². The second kappa shape index (κ2) is 4.96. The number of rotatable bonds is 4. The molecule has 16 heavy (non-hydrogen) atoms. The molecular weight excluding hydrogens is 231 g/mol. The van der Waals surface area contributed by atoms with Crippen LogP contribution in [-0.2, 0) is 13.9 Å². The summed E-state index contributed by atoms with van der Waals surface area (Å²) >= 11 is 0. The van der Waals surface area contributed by atoms with Crippen molar-refractivity contribution in [3.63, 3.8) is 0 Å². The van der Waals surface area contributed by atoms with E-state index in [9.17, 15) is 14.3 Å². The maximum Gasteiger partial charge on any atom is 0.587 e. The van der Waals surface area contributed by atoms with Gasteiger partial charge < -0.3 is 9.05 Å². The quantitative estimate of drug-likeness (QED) is 0.647. The molecule has 0 fully saturated rings. The third-order valence-corrected chi connectivity index (χ3v) is 2.35. The van der Waals surface area contributed by atoms with Gasteiger partial charge in [-0.15, -0.1) is 0 Å². The van der Waals surface area contributed by atoms with E-state index in [0.29, 0.717) is 0 Å². The van der Waals surface area contributed by atoms with E-state index >= 15 is 0 Å². The van der Waals surface area contributed by atoms with Crippen LogP contribution in [0.5, 0.6) is 5.75 Å². The van der Waals surface area contributed by atoms with E-state index in [1.807, 2.05) is 0 Å². The van der Waals surface area contributed by atoms with E-state index in [-0.39, 0.29) is 11.3 Å². The van der Waals surface area contributed by atoms with Gasteiger partial charge in [-0.1, -0.05) is 24.8 Å². The average molecular weight is 242 g/mol. The van der Waals surface area contributed by atoms with Crippen molar-refractivity contribution in [2.75, 3.05) is 0 Å². The highest BCUT2D eigenvalue weighted by atomic mass is 31.2. The number of hydrogen-bond acceptors (Lipinski definition) is 4. The van der Waals surface area contributed by atoms with Crippen LogP contribution in [0.1, 0.15) is 6.92 Å². The Bertz CT molecular complexity index is 440. The van der Waals surface area contributed by atoms with Crippen molar-refractivity contribution in [1.29, 1.82) is 0 Å². The minimum atomic E-state index is -4.43. The molecule has 0 bridgehead atoms. The Kier molecular flexibility index (Phi) is 3.88. The molecule has 6 heteroatoms. The molecule has 0 saturated carbocycles. The zero-order chi connectivity index (χ0) is 12.2. The molecule has 0 saturated heterocycles. The van der Waals surface area contributed by atoms with Crippen LogP contribution in [-0.4, -0.2) is 10.9 Å². The molecule has 0 heterocycles. The molecule has 1 unspecified atom stereocenters. The van der Waals surface area contributed by atoms with Gasteiger partial charge in [-0.25, -0.2) is 9.36 Å². The molecular formula is C10H11O5P. The molecule has 5 nitrogen and oxygen atoms in total. The van der Waals surface area contributed by atoms with E-state index in [1.54, 1.807) is 18.2 Å². The van der Waals surface area contributed by atoms with Crippen molar-refractivity contribution in [3.8, 4) is 5.75 Å². The van der Waals surface area contributed by atoms with Crippen molar-refractivity contribution in [2.24, 2.45) is 0 Å². The topological polar surface area (TPSA) is 72.8 Å². The van der Waals surface area contributed by atoms with Crippen molar-refractivity contribution in [2.45, 2.75) is 6.92 Å². The number of phosphoric ester groups is 1. The van der Waals surface area contributed by atoms with Crippen LogP contribution in [0.4, 0.5) is 0 Å². The molecule has 86 valence electrons. The van der Waals surface area contributed by atoms with Crippen molar-refractivity contribution in [1.82, 2.24) is 0 Å². The van der Waals surface area contributed by atoms with Gasteiger partial charge in [-0.3, -0.25) is 4.89 Å². The molecule has 0 aliphatic heterocycles. The van der Waals surface area contributed by atoms with Gasteiger partial charge in [0.2, 0.25) is 0 Å². The fourth-order valence-corrected chi connectivity index (χ4v) is 1.61. The lowest BCUT2D eigenvalue weighted by Gasteiger charge is -2.12. The van der Waals surface area contributed by atoms with Gasteiger partial charge in [-0.05, 0) is 19.1 Å². The second-order valence-electron chi connectivity index (χ2n) is 3.03. The molecule has 0 aliphatic carbocycles.